The van der Waals surface area contributed by atoms with Gasteiger partial charge in [-0.2, -0.15) is 0 Å². The number of aromatic nitrogens is 4. The quantitative estimate of drug-likeness (QED) is 0.462. The Morgan fingerprint density at radius 3 is 2.21 bits per heavy atom. The minimum atomic E-state index is -0.649. The van der Waals surface area contributed by atoms with Crippen molar-refractivity contribution < 1.29 is 19.1 Å². The van der Waals surface area contributed by atoms with Gasteiger partial charge in [-0.25, -0.2) is 24.5 Å². The van der Waals surface area contributed by atoms with Gasteiger partial charge in [0, 0.05) is 50.3 Å². The second kappa shape index (κ2) is 11.2. The first-order valence-electron chi connectivity index (χ1n) is 12.8. The minimum absolute atomic E-state index is 0.310. The van der Waals surface area contributed by atoms with E-state index in [0.717, 1.165) is 11.4 Å². The fourth-order valence-corrected chi connectivity index (χ4v) is 3.89. The van der Waals surface area contributed by atoms with Gasteiger partial charge in [0.15, 0.2) is 0 Å². The third-order valence-electron chi connectivity index (χ3n) is 5.58. The van der Waals surface area contributed by atoms with Gasteiger partial charge in [0.2, 0.25) is 0 Å². The van der Waals surface area contributed by atoms with Crippen molar-refractivity contribution in [3.8, 4) is 11.3 Å². The van der Waals surface area contributed by atoms with E-state index in [9.17, 15) is 9.59 Å². The number of piperazine rings is 1. The monoisotopic (exact) mass is 533 g/mol. The third kappa shape index (κ3) is 7.86. The molecule has 206 valence electrons. The average molecular weight is 534 g/mol. The average Bonchev–Trinajstić information content (AvgIpc) is 2.87. The number of carbonyl (C=O) groups is 2. The maximum absolute atomic E-state index is 13.0. The van der Waals surface area contributed by atoms with Crippen LogP contribution in [-0.2, 0) is 9.47 Å². The summed E-state index contributed by atoms with van der Waals surface area (Å²) < 4.78 is 11.1. The van der Waals surface area contributed by atoms with Crippen molar-refractivity contribution >= 4 is 29.5 Å². The van der Waals surface area contributed by atoms with Gasteiger partial charge in [-0.15, -0.1) is 0 Å². The molecule has 11 nitrogen and oxygen atoms in total. The Morgan fingerprint density at radius 2 is 1.56 bits per heavy atom. The Hall–Kier alpha value is -4.28. The second-order valence-electron chi connectivity index (χ2n) is 11.2. The van der Waals surface area contributed by atoms with Gasteiger partial charge in [-0.3, -0.25) is 4.98 Å². The molecule has 0 aliphatic carbocycles. The van der Waals surface area contributed by atoms with Gasteiger partial charge < -0.3 is 24.6 Å². The van der Waals surface area contributed by atoms with Crippen LogP contribution in [0, 0.1) is 0 Å². The number of nitrogens with zero attached hydrogens (tertiary/aromatic N) is 6. The highest BCUT2D eigenvalue weighted by atomic mass is 16.6. The van der Waals surface area contributed by atoms with Gasteiger partial charge in [0.1, 0.15) is 28.7 Å². The Balaban J connectivity index is 1.58. The smallest absolute Gasteiger partial charge is 0.410 e. The van der Waals surface area contributed by atoms with Crippen LogP contribution in [0.25, 0.3) is 11.3 Å². The lowest BCUT2D eigenvalue weighted by atomic mass is 10.1. The van der Waals surface area contributed by atoms with E-state index < -0.39 is 17.2 Å². The molecule has 3 aromatic rings. The highest BCUT2D eigenvalue weighted by molar-refractivity contribution is 5.92. The number of anilines is 3. The molecule has 0 unspecified atom stereocenters. The SMILES string of the molecule is CC(C)(C)OC(=O)c1cc(Nc2cnccn2)nc(-c2ccnc(N3CCN(C(=O)OC(C)(C)C)CC3)c2)c1. The Labute approximate surface area is 228 Å². The van der Waals surface area contributed by atoms with Crippen LogP contribution in [0.15, 0.2) is 49.1 Å². The third-order valence-corrected chi connectivity index (χ3v) is 5.58. The van der Waals surface area contributed by atoms with Crippen molar-refractivity contribution in [3.63, 3.8) is 0 Å². The molecular formula is C28H35N7O4. The predicted octanol–water partition coefficient (Wildman–Crippen LogP) is 4.69. The molecule has 39 heavy (non-hydrogen) atoms. The topological polar surface area (TPSA) is 123 Å². The molecule has 0 atom stereocenters. The molecule has 0 saturated carbocycles. The first-order chi connectivity index (χ1) is 18.4. The number of esters is 1. The zero-order chi connectivity index (χ0) is 28.2. The van der Waals surface area contributed by atoms with E-state index in [1.807, 2.05) is 53.7 Å². The van der Waals surface area contributed by atoms with Crippen LogP contribution < -0.4 is 10.2 Å². The molecule has 0 aromatic carbocycles. The number of hydrogen-bond acceptors (Lipinski definition) is 10. The Kier molecular flexibility index (Phi) is 7.98. The van der Waals surface area contributed by atoms with E-state index in [4.69, 9.17) is 14.5 Å². The highest BCUT2D eigenvalue weighted by Crippen LogP contribution is 2.27. The van der Waals surface area contributed by atoms with Crippen molar-refractivity contribution in [1.82, 2.24) is 24.8 Å². The van der Waals surface area contributed by atoms with Gasteiger partial charge in [0.05, 0.1) is 17.5 Å². The van der Waals surface area contributed by atoms with Crippen LogP contribution in [-0.4, -0.2) is 74.3 Å². The van der Waals surface area contributed by atoms with Gasteiger partial charge in [-0.1, -0.05) is 0 Å². The summed E-state index contributed by atoms with van der Waals surface area (Å²) >= 11 is 0. The number of carbonyl (C=O) groups excluding carboxylic acids is 2. The first-order valence-corrected chi connectivity index (χ1v) is 12.8. The Morgan fingerprint density at radius 1 is 0.846 bits per heavy atom. The molecule has 1 fully saturated rings. The molecule has 1 aliphatic heterocycles. The molecule has 1 amide bonds. The normalized spacial score (nSPS) is 14.1. The van der Waals surface area contributed by atoms with E-state index in [2.05, 4.69) is 25.2 Å². The van der Waals surface area contributed by atoms with Crippen LogP contribution in [0.4, 0.5) is 22.2 Å². The molecule has 3 aromatic heterocycles. The number of amides is 1. The van der Waals surface area contributed by atoms with E-state index in [1.54, 1.807) is 41.8 Å². The molecule has 4 heterocycles. The number of rotatable bonds is 5. The molecular weight excluding hydrogens is 498 g/mol. The molecule has 0 bridgehead atoms. The zero-order valence-corrected chi connectivity index (χ0v) is 23.3. The summed E-state index contributed by atoms with van der Waals surface area (Å²) in [4.78, 5) is 46.8. The number of hydrogen-bond donors (Lipinski definition) is 1. The second-order valence-corrected chi connectivity index (χ2v) is 11.2. The van der Waals surface area contributed by atoms with E-state index in [-0.39, 0.29) is 6.09 Å². The van der Waals surface area contributed by atoms with Crippen LogP contribution in [0.3, 0.4) is 0 Å². The lowest BCUT2D eigenvalue weighted by molar-refractivity contribution is 0.00687. The molecule has 1 N–H and O–H groups in total. The molecule has 0 radical (unpaired) electrons. The molecule has 1 saturated heterocycles. The van der Waals surface area contributed by atoms with Crippen molar-refractivity contribution in [2.75, 3.05) is 36.4 Å². The summed E-state index contributed by atoms with van der Waals surface area (Å²) in [5.74, 6) is 1.22. The fraction of sp³-hybridized carbons (Fsp3) is 0.429. The van der Waals surface area contributed by atoms with Gasteiger partial charge in [-0.05, 0) is 65.8 Å². The first kappa shape index (κ1) is 27.7. The van der Waals surface area contributed by atoms with Crippen molar-refractivity contribution in [2.24, 2.45) is 0 Å². The summed E-state index contributed by atoms with van der Waals surface area (Å²) in [5.41, 5.74) is 0.518. The van der Waals surface area contributed by atoms with Gasteiger partial charge in [0.25, 0.3) is 0 Å². The highest BCUT2D eigenvalue weighted by Gasteiger charge is 2.26. The van der Waals surface area contributed by atoms with E-state index in [1.165, 1.54) is 0 Å². The van der Waals surface area contributed by atoms with Crippen LogP contribution in [0.2, 0.25) is 0 Å². The van der Waals surface area contributed by atoms with Crippen molar-refractivity contribution in [2.45, 2.75) is 52.7 Å². The summed E-state index contributed by atoms with van der Waals surface area (Å²) in [7, 11) is 0. The number of pyridine rings is 2. The Bertz CT molecular complexity index is 1310. The lowest BCUT2D eigenvalue weighted by Crippen LogP contribution is -2.50. The lowest BCUT2D eigenvalue weighted by Gasteiger charge is -2.36. The summed E-state index contributed by atoms with van der Waals surface area (Å²) in [6.07, 6.45) is 6.12. The number of ether oxygens (including phenoxy) is 2. The predicted molar refractivity (Wildman–Crippen MR) is 148 cm³/mol. The maximum atomic E-state index is 13.0. The number of nitrogens with one attached hydrogen (secondary N) is 1. The molecule has 1 aliphatic rings. The largest absolute Gasteiger partial charge is 0.456 e. The van der Waals surface area contributed by atoms with Gasteiger partial charge >= 0.3 is 12.1 Å². The minimum Gasteiger partial charge on any atom is -0.456 e. The summed E-state index contributed by atoms with van der Waals surface area (Å²) in [6, 6.07) is 7.10. The van der Waals surface area contributed by atoms with Crippen LogP contribution in [0.5, 0.6) is 0 Å². The van der Waals surface area contributed by atoms with Crippen molar-refractivity contribution in [3.05, 3.63) is 54.6 Å². The molecule has 11 heteroatoms. The van der Waals surface area contributed by atoms with E-state index >= 15 is 0 Å². The van der Waals surface area contributed by atoms with E-state index in [0.29, 0.717) is 49.1 Å². The summed E-state index contributed by atoms with van der Waals surface area (Å²) in [5, 5.41) is 3.11. The zero-order valence-electron chi connectivity index (χ0n) is 23.3. The van der Waals surface area contributed by atoms with Crippen LogP contribution in [0.1, 0.15) is 51.9 Å². The summed E-state index contributed by atoms with van der Waals surface area (Å²) in [6.45, 7) is 13.3. The van der Waals surface area contributed by atoms with Crippen LogP contribution >= 0.6 is 0 Å². The maximum Gasteiger partial charge on any atom is 0.410 e. The standard InChI is InChI=1S/C28H35N7O4/c1-27(2,3)38-25(36)20-15-21(32-22(16-20)33-23-18-29-9-10-30-23)19-7-8-31-24(17-19)34-11-13-35(14-12-34)26(37)39-28(4,5)6/h7-10,15-18H,11-14H2,1-6H3,(H,30,32,33). The molecule has 4 rings (SSSR count). The fourth-order valence-electron chi connectivity index (χ4n) is 3.89. The molecule has 0 spiro atoms. The van der Waals surface area contributed by atoms with Crippen molar-refractivity contribution in [1.29, 1.82) is 0 Å².